The zero-order valence-electron chi connectivity index (χ0n) is 3.02. The van der Waals surface area contributed by atoms with Crippen molar-refractivity contribution in [1.29, 1.82) is 0 Å². The minimum absolute atomic E-state index is 0. The Bertz CT molecular complexity index is 57.7. The van der Waals surface area contributed by atoms with E-state index in [1.54, 1.807) is 0 Å². The molecule has 0 N–H and O–H groups in total. The van der Waals surface area contributed by atoms with Crippen molar-refractivity contribution in [2.75, 3.05) is 0 Å². The van der Waals surface area contributed by atoms with Crippen LogP contribution in [-0.2, 0) is 4.57 Å². The third-order valence-corrected chi connectivity index (χ3v) is 0. The van der Waals surface area contributed by atoms with Crippen molar-refractivity contribution < 1.29 is 47.4 Å². The summed E-state index contributed by atoms with van der Waals surface area (Å²) in [4.78, 5) is 8.33. The van der Waals surface area contributed by atoms with Crippen molar-refractivity contribution in [3.63, 3.8) is 0 Å². The summed E-state index contributed by atoms with van der Waals surface area (Å²) in [6.07, 6.45) is 0. The molecule has 0 aliphatic heterocycles. The Balaban J connectivity index is 0. The third kappa shape index (κ3) is 75.1. The molecule has 0 aromatic rings. The molecular weight excluding hydrogens is 124 g/mol. The normalized spacial score (nSPS) is 9.83. The zero-order valence-corrected chi connectivity index (χ0v) is 5.91. The van der Waals surface area contributed by atoms with E-state index >= 15 is 0 Å². The van der Waals surface area contributed by atoms with Gasteiger partial charge in [-0.2, -0.15) is 8.39 Å². The van der Waals surface area contributed by atoms with Crippen molar-refractivity contribution in [1.82, 2.24) is 0 Å². The molecular formula is F2NaO2P. The molecule has 32 valence electrons. The van der Waals surface area contributed by atoms with E-state index in [1.807, 2.05) is 0 Å². The summed E-state index contributed by atoms with van der Waals surface area (Å²) in [7, 11) is -5.89. The molecule has 6 heteroatoms. The molecule has 0 radical (unpaired) electrons. The fourth-order valence-electron chi connectivity index (χ4n) is 0. The summed E-state index contributed by atoms with van der Waals surface area (Å²) in [5, 5.41) is 0. The minimum Gasteiger partial charge on any atom is -0.749 e. The molecule has 0 aliphatic rings. The summed E-state index contributed by atoms with van der Waals surface area (Å²) < 4.78 is 28.4. The Kier molecular flexibility index (Phi) is 5.24. The van der Waals surface area contributed by atoms with E-state index in [0.29, 0.717) is 0 Å². The molecule has 0 amide bonds. The number of hydrogen-bond donors (Lipinski definition) is 0. The van der Waals surface area contributed by atoms with Crippen LogP contribution in [-0.4, -0.2) is 0 Å². The van der Waals surface area contributed by atoms with Gasteiger partial charge in [0.25, 0.3) is 0 Å². The Morgan fingerprint density at radius 2 is 1.50 bits per heavy atom. The first-order chi connectivity index (χ1) is 2.00. The van der Waals surface area contributed by atoms with Crippen LogP contribution in [0.1, 0.15) is 0 Å². The Hall–Kier alpha value is 1.05. The van der Waals surface area contributed by atoms with Gasteiger partial charge in [0.15, 0.2) is 0 Å². The van der Waals surface area contributed by atoms with Gasteiger partial charge in [0, 0.05) is 0 Å². The average molecular weight is 124 g/mol. The molecule has 0 saturated heterocycles. The van der Waals surface area contributed by atoms with E-state index in [9.17, 15) is 8.39 Å². The second-order valence-electron chi connectivity index (χ2n) is 0.414. The molecule has 0 aromatic heterocycles. The summed E-state index contributed by atoms with van der Waals surface area (Å²) >= 11 is 0. The van der Waals surface area contributed by atoms with E-state index in [4.69, 9.17) is 9.46 Å². The van der Waals surface area contributed by atoms with Crippen molar-refractivity contribution >= 4 is 7.99 Å². The van der Waals surface area contributed by atoms with Gasteiger partial charge in [0.2, 0.25) is 0 Å². The molecule has 0 aliphatic carbocycles. The molecule has 0 bridgehead atoms. The fourth-order valence-corrected chi connectivity index (χ4v) is 0. The molecule has 0 heterocycles. The van der Waals surface area contributed by atoms with Crippen molar-refractivity contribution in [3.05, 3.63) is 0 Å². The monoisotopic (exact) mass is 124 g/mol. The van der Waals surface area contributed by atoms with Crippen LogP contribution in [0.3, 0.4) is 0 Å². The van der Waals surface area contributed by atoms with Gasteiger partial charge in [-0.25, -0.2) is 0 Å². The van der Waals surface area contributed by atoms with Crippen LogP contribution in [0.4, 0.5) is 8.39 Å². The van der Waals surface area contributed by atoms with Gasteiger partial charge in [-0.1, -0.05) is 0 Å². The van der Waals surface area contributed by atoms with E-state index in [0.717, 1.165) is 0 Å². The van der Waals surface area contributed by atoms with E-state index < -0.39 is 7.99 Å². The Labute approximate surface area is 55.5 Å². The standard InChI is InChI=1S/F2HO2P.Na/c1-5(2,3)4;/h(H,3,4);/q;+1/p-1. The Morgan fingerprint density at radius 1 is 1.50 bits per heavy atom. The molecule has 0 fully saturated rings. The van der Waals surface area contributed by atoms with Gasteiger partial charge in [-0.15, -0.1) is 0 Å². The quantitative estimate of drug-likeness (QED) is 0.262. The van der Waals surface area contributed by atoms with Gasteiger partial charge >= 0.3 is 37.5 Å². The minimum atomic E-state index is -5.89. The summed E-state index contributed by atoms with van der Waals surface area (Å²) in [6, 6.07) is 0. The first-order valence-corrected chi connectivity index (χ1v) is 2.11. The average Bonchev–Trinajstić information content (AvgIpc) is 0.722. The number of rotatable bonds is 0. The largest absolute Gasteiger partial charge is 1.00 e. The van der Waals surface area contributed by atoms with E-state index in [-0.39, 0.29) is 29.6 Å². The molecule has 2 nitrogen and oxygen atoms in total. The van der Waals surface area contributed by atoms with Gasteiger partial charge in [0.1, 0.15) is 0 Å². The predicted octanol–water partition coefficient (Wildman–Crippen LogP) is -2.60. The number of hydrogen-bond acceptors (Lipinski definition) is 2. The molecule has 0 rings (SSSR count). The maximum Gasteiger partial charge on any atom is 1.00 e. The second kappa shape index (κ2) is 3.10. The van der Waals surface area contributed by atoms with Crippen LogP contribution in [0.5, 0.6) is 0 Å². The zero-order chi connectivity index (χ0) is 4.50. The maximum atomic E-state index is 10.0. The van der Waals surface area contributed by atoms with Crippen molar-refractivity contribution in [3.8, 4) is 0 Å². The van der Waals surface area contributed by atoms with Crippen LogP contribution in [0, 0.1) is 0 Å². The fraction of sp³-hybridized carbons (Fsp3) is 0. The third-order valence-electron chi connectivity index (χ3n) is 0. The van der Waals surface area contributed by atoms with Gasteiger partial charge in [0.05, 0.1) is 0 Å². The molecule has 0 unspecified atom stereocenters. The van der Waals surface area contributed by atoms with Crippen molar-refractivity contribution in [2.45, 2.75) is 0 Å². The van der Waals surface area contributed by atoms with Gasteiger partial charge in [-0.05, 0) is 0 Å². The smallest absolute Gasteiger partial charge is 0.749 e. The van der Waals surface area contributed by atoms with Crippen LogP contribution >= 0.6 is 7.99 Å². The Morgan fingerprint density at radius 3 is 1.50 bits per heavy atom. The summed E-state index contributed by atoms with van der Waals surface area (Å²) in [5.41, 5.74) is 0. The molecule has 0 aromatic carbocycles. The molecule has 0 atom stereocenters. The summed E-state index contributed by atoms with van der Waals surface area (Å²) in [6.45, 7) is 0. The second-order valence-corrected chi connectivity index (χ2v) is 1.24. The number of halogens is 2. The van der Waals surface area contributed by atoms with Crippen LogP contribution in [0.2, 0.25) is 0 Å². The molecule has 0 spiro atoms. The van der Waals surface area contributed by atoms with Crippen LogP contribution in [0.25, 0.3) is 0 Å². The van der Waals surface area contributed by atoms with E-state index in [1.165, 1.54) is 0 Å². The first kappa shape index (κ1) is 10.1. The van der Waals surface area contributed by atoms with Gasteiger partial charge in [-0.3, -0.25) is 4.57 Å². The maximum absolute atomic E-state index is 10.0. The molecule has 0 saturated carbocycles. The first-order valence-electron chi connectivity index (χ1n) is 0.703. The predicted molar refractivity (Wildman–Crippen MR) is 9.82 cm³/mol. The topological polar surface area (TPSA) is 40.1 Å². The summed E-state index contributed by atoms with van der Waals surface area (Å²) in [5.74, 6) is 0. The van der Waals surface area contributed by atoms with Crippen LogP contribution < -0.4 is 34.5 Å². The molecule has 6 heavy (non-hydrogen) atoms. The van der Waals surface area contributed by atoms with Gasteiger partial charge < -0.3 is 4.89 Å². The SMILES string of the molecule is O=P([O-])(F)F.[Na+]. The van der Waals surface area contributed by atoms with Crippen molar-refractivity contribution in [2.24, 2.45) is 0 Å². The van der Waals surface area contributed by atoms with Crippen LogP contribution in [0.15, 0.2) is 0 Å². The van der Waals surface area contributed by atoms with E-state index in [2.05, 4.69) is 0 Å².